The van der Waals surface area contributed by atoms with Crippen LogP contribution in [0.1, 0.15) is 18.5 Å². The van der Waals surface area contributed by atoms with Crippen LogP contribution in [0.15, 0.2) is 30.3 Å². The van der Waals surface area contributed by atoms with Crippen LogP contribution in [0.5, 0.6) is 0 Å². The van der Waals surface area contributed by atoms with Crippen LogP contribution in [-0.2, 0) is 9.53 Å². The van der Waals surface area contributed by atoms with Gasteiger partial charge in [0.1, 0.15) is 0 Å². The van der Waals surface area contributed by atoms with Crippen LogP contribution in [0.3, 0.4) is 0 Å². The van der Waals surface area contributed by atoms with E-state index >= 15 is 0 Å². The Bertz CT molecular complexity index is 497. The van der Waals surface area contributed by atoms with E-state index in [1.165, 1.54) is 5.56 Å². The van der Waals surface area contributed by atoms with Gasteiger partial charge in [0.05, 0.1) is 19.3 Å². The maximum absolute atomic E-state index is 12.6. The minimum Gasteiger partial charge on any atom is -0.375 e. The zero-order valence-electron chi connectivity index (χ0n) is 13.1. The van der Waals surface area contributed by atoms with E-state index in [4.69, 9.17) is 4.74 Å². The summed E-state index contributed by atoms with van der Waals surface area (Å²) >= 11 is 1.98. The third-order valence-electron chi connectivity index (χ3n) is 4.36. The molecular weight excluding hydrogens is 296 g/mol. The number of thioether (sulfide) groups is 1. The molecule has 3 rings (SSSR count). The molecule has 0 bridgehead atoms. The van der Waals surface area contributed by atoms with Crippen molar-refractivity contribution in [3.8, 4) is 0 Å². The summed E-state index contributed by atoms with van der Waals surface area (Å²) in [4.78, 5) is 16.9. The van der Waals surface area contributed by atoms with Crippen molar-refractivity contribution in [2.75, 3.05) is 44.3 Å². The molecule has 1 amide bonds. The molecule has 120 valence electrons. The van der Waals surface area contributed by atoms with E-state index in [1.807, 2.05) is 29.7 Å². The maximum Gasteiger partial charge on any atom is 0.236 e. The third-order valence-corrected chi connectivity index (χ3v) is 5.38. The van der Waals surface area contributed by atoms with Gasteiger partial charge in [0.2, 0.25) is 5.91 Å². The van der Waals surface area contributed by atoms with Gasteiger partial charge in [-0.15, -0.1) is 0 Å². The molecule has 4 nitrogen and oxygen atoms in total. The molecule has 2 fully saturated rings. The monoisotopic (exact) mass is 320 g/mol. The standard InChI is InChI=1S/C17H24N2O2S/c1-14-11-19(7-9-21-14)17(20)12-18-8-10-22-13-16(18)15-5-3-2-4-6-15/h2-6,14,16H,7-13H2,1H3/t14-,16+/m1/s1. The lowest BCUT2D eigenvalue weighted by molar-refractivity contribution is -0.139. The second-order valence-corrected chi connectivity index (χ2v) is 7.14. The molecule has 5 heteroatoms. The normalized spacial score (nSPS) is 26.9. The van der Waals surface area contributed by atoms with Crippen LogP contribution in [0.4, 0.5) is 0 Å². The first kappa shape index (κ1) is 15.8. The van der Waals surface area contributed by atoms with Crippen LogP contribution in [-0.4, -0.2) is 66.1 Å². The number of ether oxygens (including phenoxy) is 1. The Morgan fingerprint density at radius 2 is 2.14 bits per heavy atom. The topological polar surface area (TPSA) is 32.8 Å². The van der Waals surface area contributed by atoms with Crippen molar-refractivity contribution in [3.05, 3.63) is 35.9 Å². The van der Waals surface area contributed by atoms with Gasteiger partial charge in [-0.25, -0.2) is 0 Å². The predicted molar refractivity (Wildman–Crippen MR) is 90.1 cm³/mol. The summed E-state index contributed by atoms with van der Waals surface area (Å²) in [5.41, 5.74) is 1.32. The van der Waals surface area contributed by atoms with E-state index in [9.17, 15) is 4.79 Å². The molecule has 0 spiro atoms. The molecule has 2 aliphatic heterocycles. The van der Waals surface area contributed by atoms with Crippen LogP contribution >= 0.6 is 11.8 Å². The number of nitrogens with zero attached hydrogens (tertiary/aromatic N) is 2. The molecule has 0 saturated carbocycles. The number of carbonyl (C=O) groups is 1. The van der Waals surface area contributed by atoms with Gasteiger partial charge in [-0.3, -0.25) is 9.69 Å². The fourth-order valence-corrected chi connectivity index (χ4v) is 4.28. The van der Waals surface area contributed by atoms with Gasteiger partial charge in [-0.05, 0) is 12.5 Å². The van der Waals surface area contributed by atoms with Crippen molar-refractivity contribution in [1.29, 1.82) is 0 Å². The fourth-order valence-electron chi connectivity index (χ4n) is 3.13. The second-order valence-electron chi connectivity index (χ2n) is 5.99. The molecule has 0 aromatic heterocycles. The van der Waals surface area contributed by atoms with E-state index in [0.717, 1.165) is 31.1 Å². The minimum absolute atomic E-state index is 0.152. The number of rotatable bonds is 3. The molecule has 2 heterocycles. The molecule has 0 N–H and O–H groups in total. The van der Waals surface area contributed by atoms with Crippen molar-refractivity contribution in [2.45, 2.75) is 19.1 Å². The molecule has 1 aromatic rings. The Balaban J connectivity index is 1.65. The summed E-state index contributed by atoms with van der Waals surface area (Å²) in [6.07, 6.45) is 0.152. The second kappa shape index (κ2) is 7.49. The molecular formula is C17H24N2O2S. The zero-order valence-corrected chi connectivity index (χ0v) is 13.9. The highest BCUT2D eigenvalue weighted by Crippen LogP contribution is 2.29. The van der Waals surface area contributed by atoms with Crippen molar-refractivity contribution < 1.29 is 9.53 Å². The summed E-state index contributed by atoms with van der Waals surface area (Å²) in [6, 6.07) is 10.9. The molecule has 1 aromatic carbocycles. The van der Waals surface area contributed by atoms with Gasteiger partial charge in [0, 0.05) is 37.2 Å². The molecule has 2 atom stereocenters. The van der Waals surface area contributed by atoms with Crippen LogP contribution in [0, 0.1) is 0 Å². The molecule has 2 saturated heterocycles. The summed E-state index contributed by atoms with van der Waals surface area (Å²) in [7, 11) is 0. The summed E-state index contributed by atoms with van der Waals surface area (Å²) < 4.78 is 5.53. The number of hydrogen-bond donors (Lipinski definition) is 0. The average molecular weight is 320 g/mol. The number of amides is 1. The van der Waals surface area contributed by atoms with Gasteiger partial charge in [0.15, 0.2) is 0 Å². The van der Waals surface area contributed by atoms with Gasteiger partial charge < -0.3 is 9.64 Å². The van der Waals surface area contributed by atoms with Crippen LogP contribution in [0.2, 0.25) is 0 Å². The van der Waals surface area contributed by atoms with Crippen LogP contribution in [0.25, 0.3) is 0 Å². The highest BCUT2D eigenvalue weighted by molar-refractivity contribution is 7.99. The van der Waals surface area contributed by atoms with Gasteiger partial charge in [-0.2, -0.15) is 11.8 Å². The summed E-state index contributed by atoms with van der Waals surface area (Å²) in [5.74, 6) is 2.41. The zero-order chi connectivity index (χ0) is 15.4. The molecule has 22 heavy (non-hydrogen) atoms. The number of carbonyl (C=O) groups excluding carboxylic acids is 1. The quantitative estimate of drug-likeness (QED) is 0.853. The first-order chi connectivity index (χ1) is 10.7. The van der Waals surface area contributed by atoms with E-state index in [1.54, 1.807) is 0 Å². The highest BCUT2D eigenvalue weighted by Gasteiger charge is 2.29. The average Bonchev–Trinajstić information content (AvgIpc) is 2.56. The molecule has 0 aliphatic carbocycles. The van der Waals surface area contributed by atoms with Crippen molar-refractivity contribution in [2.24, 2.45) is 0 Å². The van der Waals surface area contributed by atoms with Gasteiger partial charge >= 0.3 is 0 Å². The van der Waals surface area contributed by atoms with E-state index in [0.29, 0.717) is 19.2 Å². The predicted octanol–water partition coefficient (Wildman–Crippen LogP) is 2.02. The fraction of sp³-hybridized carbons (Fsp3) is 0.588. The Morgan fingerprint density at radius 1 is 1.32 bits per heavy atom. The van der Waals surface area contributed by atoms with Gasteiger partial charge in [-0.1, -0.05) is 30.3 Å². The van der Waals surface area contributed by atoms with E-state index in [-0.39, 0.29) is 12.0 Å². The summed E-state index contributed by atoms with van der Waals surface area (Å²) in [6.45, 7) is 5.64. The number of benzene rings is 1. The minimum atomic E-state index is 0.152. The molecule has 0 unspecified atom stereocenters. The largest absolute Gasteiger partial charge is 0.375 e. The third kappa shape index (κ3) is 3.83. The Hall–Kier alpha value is -1.04. The highest BCUT2D eigenvalue weighted by atomic mass is 32.2. The SMILES string of the molecule is C[C@@H]1CN(C(=O)CN2CCSC[C@H]2c2ccccc2)CCO1. The van der Waals surface area contributed by atoms with E-state index in [2.05, 4.69) is 29.2 Å². The summed E-state index contributed by atoms with van der Waals surface area (Å²) in [5, 5.41) is 0. The first-order valence-electron chi connectivity index (χ1n) is 8.00. The smallest absolute Gasteiger partial charge is 0.236 e. The van der Waals surface area contributed by atoms with Crippen molar-refractivity contribution in [3.63, 3.8) is 0 Å². The Kier molecular flexibility index (Phi) is 5.39. The lowest BCUT2D eigenvalue weighted by Crippen LogP contribution is -2.50. The maximum atomic E-state index is 12.6. The van der Waals surface area contributed by atoms with Crippen molar-refractivity contribution in [1.82, 2.24) is 9.80 Å². The Morgan fingerprint density at radius 3 is 2.91 bits per heavy atom. The lowest BCUT2D eigenvalue weighted by Gasteiger charge is -2.38. The van der Waals surface area contributed by atoms with Gasteiger partial charge in [0.25, 0.3) is 0 Å². The number of morpholine rings is 1. The molecule has 2 aliphatic rings. The lowest BCUT2D eigenvalue weighted by atomic mass is 10.1. The number of hydrogen-bond acceptors (Lipinski definition) is 4. The van der Waals surface area contributed by atoms with Crippen molar-refractivity contribution >= 4 is 17.7 Å². The van der Waals surface area contributed by atoms with Crippen LogP contribution < -0.4 is 0 Å². The molecule has 0 radical (unpaired) electrons. The Labute approximate surface area is 136 Å². The van der Waals surface area contributed by atoms with E-state index < -0.39 is 0 Å². The first-order valence-corrected chi connectivity index (χ1v) is 9.15.